The molecule has 1 amide bonds. The van der Waals surface area contributed by atoms with Crippen LogP contribution in [0.5, 0.6) is 0 Å². The van der Waals surface area contributed by atoms with E-state index in [1.54, 1.807) is 13.3 Å². The predicted octanol–water partition coefficient (Wildman–Crippen LogP) is 1.98. The van der Waals surface area contributed by atoms with Crippen molar-refractivity contribution in [2.75, 3.05) is 20.3 Å². The molecule has 0 bridgehead atoms. The van der Waals surface area contributed by atoms with Crippen LogP contribution in [0, 0.1) is 6.92 Å². The summed E-state index contributed by atoms with van der Waals surface area (Å²) >= 11 is 0. The number of aromatic nitrogens is 4. The van der Waals surface area contributed by atoms with Crippen LogP contribution < -0.4 is 0 Å². The first-order valence-electron chi connectivity index (χ1n) is 8.73. The monoisotopic (exact) mass is 351 g/mol. The van der Waals surface area contributed by atoms with Crippen LogP contribution in [0.3, 0.4) is 0 Å². The topological polar surface area (TPSA) is 73.1 Å². The van der Waals surface area contributed by atoms with E-state index >= 15 is 0 Å². The summed E-state index contributed by atoms with van der Waals surface area (Å²) in [5, 5.41) is 9.47. The summed E-state index contributed by atoms with van der Waals surface area (Å²) in [7, 11) is 1.67. The van der Waals surface area contributed by atoms with Gasteiger partial charge in [0.15, 0.2) is 0 Å². The van der Waals surface area contributed by atoms with Gasteiger partial charge in [-0.3, -0.25) is 9.78 Å². The first-order chi connectivity index (χ1) is 12.7. The average Bonchev–Trinajstić information content (AvgIpc) is 3.08. The highest BCUT2D eigenvalue weighted by Gasteiger charge is 2.27. The van der Waals surface area contributed by atoms with Crippen molar-refractivity contribution < 1.29 is 9.53 Å². The van der Waals surface area contributed by atoms with Crippen molar-refractivity contribution in [1.29, 1.82) is 0 Å². The number of amides is 1. The first-order valence-corrected chi connectivity index (χ1v) is 8.73. The van der Waals surface area contributed by atoms with Crippen LogP contribution in [-0.4, -0.2) is 51.0 Å². The summed E-state index contributed by atoms with van der Waals surface area (Å²) in [5.41, 5.74) is 4.49. The highest BCUT2D eigenvalue weighted by molar-refractivity contribution is 6.00. The maximum atomic E-state index is 13.1. The van der Waals surface area contributed by atoms with Gasteiger partial charge < -0.3 is 9.64 Å². The van der Waals surface area contributed by atoms with E-state index in [1.165, 1.54) is 0 Å². The van der Waals surface area contributed by atoms with E-state index in [1.807, 2.05) is 40.8 Å². The first kappa shape index (κ1) is 16.7. The molecule has 134 valence electrons. The number of rotatable bonds is 4. The van der Waals surface area contributed by atoms with Gasteiger partial charge in [0, 0.05) is 31.7 Å². The molecular formula is C19H21N5O2. The van der Waals surface area contributed by atoms with E-state index in [0.29, 0.717) is 31.8 Å². The Morgan fingerprint density at radius 3 is 3.00 bits per heavy atom. The Morgan fingerprint density at radius 2 is 2.15 bits per heavy atom. The highest BCUT2D eigenvalue weighted by Crippen LogP contribution is 2.23. The summed E-state index contributed by atoms with van der Waals surface area (Å²) in [6.07, 6.45) is 2.43. The van der Waals surface area contributed by atoms with Gasteiger partial charge in [0.25, 0.3) is 5.91 Å². The van der Waals surface area contributed by atoms with Gasteiger partial charge in [0.05, 0.1) is 36.5 Å². The van der Waals surface area contributed by atoms with Gasteiger partial charge in [-0.2, -0.15) is 0 Å². The number of hydrogen-bond donors (Lipinski definition) is 0. The molecule has 3 heterocycles. The quantitative estimate of drug-likeness (QED) is 0.719. The Balaban J connectivity index is 1.58. The van der Waals surface area contributed by atoms with Gasteiger partial charge in [-0.05, 0) is 18.6 Å². The molecule has 1 aromatic carbocycles. The number of fused-ring (bicyclic) bond motifs is 2. The molecule has 0 fully saturated rings. The van der Waals surface area contributed by atoms with Crippen molar-refractivity contribution in [2.24, 2.45) is 0 Å². The second-order valence-electron chi connectivity index (χ2n) is 6.49. The van der Waals surface area contributed by atoms with Gasteiger partial charge in [-0.1, -0.05) is 23.4 Å². The molecule has 0 saturated carbocycles. The summed E-state index contributed by atoms with van der Waals surface area (Å²) in [6.45, 7) is 4.39. The number of carbonyl (C=O) groups is 1. The van der Waals surface area contributed by atoms with E-state index < -0.39 is 0 Å². The minimum atomic E-state index is -0.00200. The van der Waals surface area contributed by atoms with Crippen molar-refractivity contribution in [3.8, 4) is 0 Å². The lowest BCUT2D eigenvalue weighted by Gasteiger charge is -2.27. The SMILES string of the molecule is COCCn1nnc2c1CCN(C(=O)c1cnc3ccccc3c1C)C2. The molecule has 0 radical (unpaired) electrons. The van der Waals surface area contributed by atoms with Gasteiger partial charge in [-0.25, -0.2) is 4.68 Å². The van der Waals surface area contributed by atoms with E-state index in [0.717, 1.165) is 34.3 Å². The van der Waals surface area contributed by atoms with Gasteiger partial charge in [0.1, 0.15) is 5.69 Å². The average molecular weight is 351 g/mol. The molecule has 2 aromatic heterocycles. The third-order valence-corrected chi connectivity index (χ3v) is 4.95. The largest absolute Gasteiger partial charge is 0.383 e. The molecule has 0 atom stereocenters. The van der Waals surface area contributed by atoms with Gasteiger partial charge in [0.2, 0.25) is 0 Å². The molecular weight excluding hydrogens is 330 g/mol. The summed E-state index contributed by atoms with van der Waals surface area (Å²) < 4.78 is 6.99. The zero-order chi connectivity index (χ0) is 18.1. The molecule has 4 rings (SSSR count). The fraction of sp³-hybridized carbons (Fsp3) is 0.368. The van der Waals surface area contributed by atoms with Crippen LogP contribution in [0.1, 0.15) is 27.3 Å². The minimum absolute atomic E-state index is 0.00200. The smallest absolute Gasteiger partial charge is 0.256 e. The second-order valence-corrected chi connectivity index (χ2v) is 6.49. The molecule has 3 aromatic rings. The van der Waals surface area contributed by atoms with Crippen molar-refractivity contribution >= 4 is 16.8 Å². The van der Waals surface area contributed by atoms with Crippen molar-refractivity contribution in [2.45, 2.75) is 26.4 Å². The summed E-state index contributed by atoms with van der Waals surface area (Å²) in [4.78, 5) is 19.3. The Bertz CT molecular complexity index is 966. The van der Waals surface area contributed by atoms with Crippen LogP contribution in [0.4, 0.5) is 0 Å². The number of carbonyl (C=O) groups excluding carboxylic acids is 1. The van der Waals surface area contributed by atoms with E-state index in [2.05, 4.69) is 15.3 Å². The van der Waals surface area contributed by atoms with Crippen molar-refractivity contribution in [1.82, 2.24) is 24.9 Å². The zero-order valence-corrected chi connectivity index (χ0v) is 15.0. The van der Waals surface area contributed by atoms with Crippen LogP contribution in [0.25, 0.3) is 10.9 Å². The van der Waals surface area contributed by atoms with Crippen LogP contribution in [0.2, 0.25) is 0 Å². The Morgan fingerprint density at radius 1 is 1.31 bits per heavy atom. The molecule has 7 heteroatoms. The number of pyridine rings is 1. The molecule has 26 heavy (non-hydrogen) atoms. The third kappa shape index (κ3) is 2.84. The lowest BCUT2D eigenvalue weighted by atomic mass is 10.0. The number of benzene rings is 1. The molecule has 0 spiro atoms. The second kappa shape index (κ2) is 6.84. The maximum Gasteiger partial charge on any atom is 0.256 e. The molecule has 7 nitrogen and oxygen atoms in total. The highest BCUT2D eigenvalue weighted by atomic mass is 16.5. The van der Waals surface area contributed by atoms with Crippen LogP contribution in [0.15, 0.2) is 30.5 Å². The number of hydrogen-bond acceptors (Lipinski definition) is 5. The van der Waals surface area contributed by atoms with E-state index in [-0.39, 0.29) is 5.91 Å². The van der Waals surface area contributed by atoms with Crippen LogP contribution in [-0.2, 0) is 24.2 Å². The molecule has 0 N–H and O–H groups in total. The summed E-state index contributed by atoms with van der Waals surface area (Å²) in [5.74, 6) is -0.00200. The predicted molar refractivity (Wildman–Crippen MR) is 96.8 cm³/mol. The Hall–Kier alpha value is -2.80. The Labute approximate surface area is 151 Å². The minimum Gasteiger partial charge on any atom is -0.383 e. The summed E-state index contributed by atoms with van der Waals surface area (Å²) in [6, 6.07) is 7.89. The Kier molecular flexibility index (Phi) is 4.38. The zero-order valence-electron chi connectivity index (χ0n) is 15.0. The number of aryl methyl sites for hydroxylation is 1. The third-order valence-electron chi connectivity index (χ3n) is 4.95. The molecule has 1 aliphatic heterocycles. The molecule has 0 aliphatic carbocycles. The number of para-hydroxylation sites is 1. The van der Waals surface area contributed by atoms with Crippen LogP contribution >= 0.6 is 0 Å². The standard InChI is InChI=1S/C19H21N5O2/c1-13-14-5-3-4-6-16(14)20-11-15(13)19(25)23-8-7-18-17(12-23)21-22-24(18)9-10-26-2/h3-6,11H,7-10,12H2,1-2H3. The molecule has 0 unspecified atom stereocenters. The molecule has 1 aliphatic rings. The van der Waals surface area contributed by atoms with Gasteiger partial charge in [-0.15, -0.1) is 5.10 Å². The van der Waals surface area contributed by atoms with Crippen molar-refractivity contribution in [3.63, 3.8) is 0 Å². The van der Waals surface area contributed by atoms with E-state index in [9.17, 15) is 4.79 Å². The van der Waals surface area contributed by atoms with E-state index in [4.69, 9.17) is 4.74 Å². The lowest BCUT2D eigenvalue weighted by Crippen LogP contribution is -2.37. The number of methoxy groups -OCH3 is 1. The fourth-order valence-electron chi connectivity index (χ4n) is 3.46. The lowest BCUT2D eigenvalue weighted by molar-refractivity contribution is 0.0729. The maximum absolute atomic E-state index is 13.1. The fourth-order valence-corrected chi connectivity index (χ4v) is 3.46. The van der Waals surface area contributed by atoms with Crippen molar-refractivity contribution in [3.05, 3.63) is 53.0 Å². The van der Waals surface area contributed by atoms with Gasteiger partial charge >= 0.3 is 0 Å². The number of ether oxygens (including phenoxy) is 1. The normalized spacial score (nSPS) is 13.8. The molecule has 0 saturated heterocycles. The number of nitrogens with zero attached hydrogens (tertiary/aromatic N) is 5.